The van der Waals surface area contributed by atoms with Crippen molar-refractivity contribution in [3.8, 4) is 0 Å². The van der Waals surface area contributed by atoms with Gasteiger partial charge in [0.05, 0.1) is 5.60 Å². The van der Waals surface area contributed by atoms with Crippen molar-refractivity contribution in [2.45, 2.75) is 51.7 Å². The first-order valence-corrected chi connectivity index (χ1v) is 7.96. The molecule has 1 aliphatic rings. The summed E-state index contributed by atoms with van der Waals surface area (Å²) < 4.78 is 5.29. The summed E-state index contributed by atoms with van der Waals surface area (Å²) in [6.45, 7) is 5.59. The number of nitrogens with zero attached hydrogens (tertiary/aromatic N) is 2. The van der Waals surface area contributed by atoms with E-state index in [-0.39, 0.29) is 0 Å². The molecule has 0 spiro atoms. The van der Waals surface area contributed by atoms with Crippen LogP contribution in [0.25, 0.3) is 0 Å². The van der Waals surface area contributed by atoms with Gasteiger partial charge in [0.15, 0.2) is 5.82 Å². The van der Waals surface area contributed by atoms with Gasteiger partial charge >= 0.3 is 0 Å². The van der Waals surface area contributed by atoms with Gasteiger partial charge in [0.1, 0.15) is 17.6 Å². The lowest BCUT2D eigenvalue weighted by atomic mass is 9.79. The fraction of sp³-hybridized carbons (Fsp3) is 0.733. The Labute approximate surface area is 131 Å². The second-order valence-electron chi connectivity index (χ2n) is 5.89. The summed E-state index contributed by atoms with van der Waals surface area (Å²) in [5.41, 5.74) is -0.649. The van der Waals surface area contributed by atoms with Crippen LogP contribution in [0.1, 0.15) is 45.4 Å². The summed E-state index contributed by atoms with van der Waals surface area (Å²) in [7, 11) is 0. The molecular weight excluding hydrogens is 290 g/mol. The number of halogens is 1. The summed E-state index contributed by atoms with van der Waals surface area (Å²) in [6, 6.07) is 1.67. The van der Waals surface area contributed by atoms with Gasteiger partial charge in [0, 0.05) is 19.2 Å². The molecule has 0 atom stereocenters. The summed E-state index contributed by atoms with van der Waals surface area (Å²) in [5.74, 6) is 1.89. The Hall–Kier alpha value is -0.910. The van der Waals surface area contributed by atoms with E-state index in [1.54, 1.807) is 6.07 Å². The van der Waals surface area contributed by atoms with Crippen molar-refractivity contribution in [2.24, 2.45) is 5.92 Å². The molecule has 0 bridgehead atoms. The minimum atomic E-state index is -0.649. The van der Waals surface area contributed by atoms with E-state index in [4.69, 9.17) is 16.3 Å². The number of ether oxygens (including phenoxy) is 1. The molecule has 118 valence electrons. The molecule has 0 aliphatic heterocycles. The van der Waals surface area contributed by atoms with Gasteiger partial charge in [0.2, 0.25) is 0 Å². The second-order valence-corrected chi connectivity index (χ2v) is 6.28. The predicted octanol–water partition coefficient (Wildman–Crippen LogP) is 3.02. The van der Waals surface area contributed by atoms with Crippen molar-refractivity contribution in [3.05, 3.63) is 17.0 Å². The van der Waals surface area contributed by atoms with Gasteiger partial charge in [0.25, 0.3) is 0 Å². The van der Waals surface area contributed by atoms with Crippen LogP contribution >= 0.6 is 11.6 Å². The quantitative estimate of drug-likeness (QED) is 0.790. The van der Waals surface area contributed by atoms with E-state index >= 15 is 0 Å². The van der Waals surface area contributed by atoms with E-state index in [0.29, 0.717) is 42.5 Å². The van der Waals surface area contributed by atoms with E-state index < -0.39 is 5.60 Å². The molecule has 2 rings (SSSR count). The first-order valence-electron chi connectivity index (χ1n) is 7.58. The fourth-order valence-corrected chi connectivity index (χ4v) is 2.75. The van der Waals surface area contributed by atoms with Crippen LogP contribution in [-0.2, 0) is 11.3 Å². The number of anilines is 1. The molecule has 0 unspecified atom stereocenters. The molecule has 1 aromatic heterocycles. The smallest absolute Gasteiger partial charge is 0.158 e. The van der Waals surface area contributed by atoms with Gasteiger partial charge in [-0.2, -0.15) is 0 Å². The number of nitrogens with one attached hydrogen (secondary N) is 1. The van der Waals surface area contributed by atoms with Crippen LogP contribution in [0, 0.1) is 5.92 Å². The van der Waals surface area contributed by atoms with Crippen molar-refractivity contribution in [2.75, 3.05) is 18.5 Å². The molecule has 1 heterocycles. The van der Waals surface area contributed by atoms with Crippen LogP contribution in [0.5, 0.6) is 0 Å². The Bertz CT molecular complexity index is 462. The lowest BCUT2D eigenvalue weighted by molar-refractivity contribution is 0.00493. The largest absolute Gasteiger partial charge is 0.388 e. The Morgan fingerprint density at radius 1 is 1.43 bits per heavy atom. The van der Waals surface area contributed by atoms with Gasteiger partial charge in [-0.3, -0.25) is 0 Å². The van der Waals surface area contributed by atoms with E-state index in [1.807, 2.05) is 6.92 Å². The Balaban J connectivity index is 1.94. The van der Waals surface area contributed by atoms with Crippen LogP contribution in [0.15, 0.2) is 6.07 Å². The van der Waals surface area contributed by atoms with E-state index in [2.05, 4.69) is 22.2 Å². The third kappa shape index (κ3) is 5.09. The van der Waals surface area contributed by atoms with Crippen molar-refractivity contribution in [1.29, 1.82) is 0 Å². The second kappa shape index (κ2) is 7.38. The highest BCUT2D eigenvalue weighted by Crippen LogP contribution is 2.31. The molecule has 0 aromatic carbocycles. The number of hydrogen-bond acceptors (Lipinski definition) is 5. The average molecular weight is 314 g/mol. The average Bonchev–Trinajstić information content (AvgIpc) is 2.46. The standard InChI is InChI=1S/C15H24ClN3O2/c1-3-21-9-14-18-12(16)8-13(19-14)17-10-15(20)6-4-11(2)5-7-15/h8,11,20H,3-7,9-10H2,1-2H3,(H,17,18,19). The normalized spacial score (nSPS) is 25.8. The Morgan fingerprint density at radius 3 is 2.81 bits per heavy atom. The van der Waals surface area contributed by atoms with Crippen LogP contribution in [0.4, 0.5) is 5.82 Å². The van der Waals surface area contributed by atoms with Crippen LogP contribution in [0.3, 0.4) is 0 Å². The minimum absolute atomic E-state index is 0.341. The monoisotopic (exact) mass is 313 g/mol. The van der Waals surface area contributed by atoms with Gasteiger partial charge in [-0.15, -0.1) is 0 Å². The van der Waals surface area contributed by atoms with Crippen LogP contribution in [-0.4, -0.2) is 33.8 Å². The lowest BCUT2D eigenvalue weighted by Gasteiger charge is -2.35. The molecule has 1 aromatic rings. The third-order valence-electron chi connectivity index (χ3n) is 3.98. The number of rotatable bonds is 6. The van der Waals surface area contributed by atoms with Crippen molar-refractivity contribution in [1.82, 2.24) is 9.97 Å². The molecule has 21 heavy (non-hydrogen) atoms. The maximum absolute atomic E-state index is 10.6. The first kappa shape index (κ1) is 16.5. The Morgan fingerprint density at radius 2 is 2.14 bits per heavy atom. The molecule has 2 N–H and O–H groups in total. The zero-order chi connectivity index (χ0) is 15.3. The molecule has 1 aliphatic carbocycles. The Kier molecular flexibility index (Phi) is 5.79. The fourth-order valence-electron chi connectivity index (χ4n) is 2.54. The number of hydrogen-bond donors (Lipinski definition) is 2. The molecule has 0 saturated heterocycles. The molecule has 6 heteroatoms. The third-order valence-corrected chi connectivity index (χ3v) is 4.17. The molecule has 1 fully saturated rings. The molecule has 5 nitrogen and oxygen atoms in total. The maximum Gasteiger partial charge on any atom is 0.158 e. The lowest BCUT2D eigenvalue weighted by Crippen LogP contribution is -2.40. The minimum Gasteiger partial charge on any atom is -0.388 e. The van der Waals surface area contributed by atoms with E-state index in [0.717, 1.165) is 25.7 Å². The molecule has 0 radical (unpaired) electrons. The topological polar surface area (TPSA) is 67.3 Å². The highest BCUT2D eigenvalue weighted by molar-refractivity contribution is 6.29. The van der Waals surface area contributed by atoms with Gasteiger partial charge in [-0.25, -0.2) is 9.97 Å². The predicted molar refractivity (Wildman–Crippen MR) is 83.4 cm³/mol. The van der Waals surface area contributed by atoms with Gasteiger partial charge < -0.3 is 15.2 Å². The number of aromatic nitrogens is 2. The molecule has 0 amide bonds. The van der Waals surface area contributed by atoms with Crippen molar-refractivity contribution >= 4 is 17.4 Å². The summed E-state index contributed by atoms with van der Waals surface area (Å²) in [6.07, 6.45) is 3.79. The molecular formula is C15H24ClN3O2. The van der Waals surface area contributed by atoms with Gasteiger partial charge in [-0.1, -0.05) is 18.5 Å². The first-order chi connectivity index (χ1) is 10.0. The van der Waals surface area contributed by atoms with Gasteiger partial charge in [-0.05, 0) is 38.5 Å². The summed E-state index contributed by atoms with van der Waals surface area (Å²) in [5, 5.41) is 14.1. The zero-order valence-corrected chi connectivity index (χ0v) is 13.5. The highest BCUT2D eigenvalue weighted by atomic mass is 35.5. The van der Waals surface area contributed by atoms with Crippen LogP contribution in [0.2, 0.25) is 5.15 Å². The van der Waals surface area contributed by atoms with E-state index in [9.17, 15) is 5.11 Å². The van der Waals surface area contributed by atoms with E-state index in [1.165, 1.54) is 0 Å². The SMILES string of the molecule is CCOCc1nc(Cl)cc(NCC2(O)CCC(C)CC2)n1. The molecule has 1 saturated carbocycles. The van der Waals surface area contributed by atoms with Crippen molar-refractivity contribution < 1.29 is 9.84 Å². The summed E-state index contributed by atoms with van der Waals surface area (Å²) >= 11 is 6.00. The van der Waals surface area contributed by atoms with Crippen LogP contribution < -0.4 is 5.32 Å². The number of aliphatic hydroxyl groups is 1. The highest BCUT2D eigenvalue weighted by Gasteiger charge is 2.31. The zero-order valence-electron chi connectivity index (χ0n) is 12.7. The van der Waals surface area contributed by atoms with Crippen molar-refractivity contribution in [3.63, 3.8) is 0 Å². The maximum atomic E-state index is 10.6. The summed E-state index contributed by atoms with van der Waals surface area (Å²) in [4.78, 5) is 8.48.